The van der Waals surface area contributed by atoms with Crippen LogP contribution in [0, 0.1) is 19.8 Å². The second-order valence-corrected chi connectivity index (χ2v) is 5.84. The monoisotopic (exact) mass is 290 g/mol. The third-order valence-corrected chi connectivity index (χ3v) is 4.14. The number of amides is 2. The number of carbonyl (C=O) groups is 3. The quantitative estimate of drug-likeness (QED) is 0.630. The zero-order chi connectivity index (χ0) is 15.7. The molecule has 5 nitrogen and oxygen atoms in total. The van der Waals surface area contributed by atoms with Crippen LogP contribution in [-0.2, 0) is 16.1 Å². The number of imide groups is 1. The van der Waals surface area contributed by atoms with Gasteiger partial charge in [-0.2, -0.15) is 0 Å². The van der Waals surface area contributed by atoms with Gasteiger partial charge in [0.15, 0.2) is 5.78 Å². The lowest BCUT2D eigenvalue weighted by molar-refractivity contribution is -0.149. The van der Waals surface area contributed by atoms with Gasteiger partial charge in [0.2, 0.25) is 11.8 Å². The van der Waals surface area contributed by atoms with Gasteiger partial charge >= 0.3 is 0 Å². The highest BCUT2D eigenvalue weighted by molar-refractivity contribution is 6.06. The molecule has 2 heterocycles. The Morgan fingerprint density at radius 3 is 2.29 bits per heavy atom. The van der Waals surface area contributed by atoms with Gasteiger partial charge in [0, 0.05) is 36.3 Å². The zero-order valence-corrected chi connectivity index (χ0v) is 13.1. The Bertz CT molecular complexity index is 583. The maximum Gasteiger partial charge on any atom is 0.229 e. The molecule has 0 aliphatic carbocycles. The Labute approximate surface area is 124 Å². The van der Waals surface area contributed by atoms with Crippen LogP contribution in [0.2, 0.25) is 0 Å². The van der Waals surface area contributed by atoms with Gasteiger partial charge < -0.3 is 4.57 Å². The van der Waals surface area contributed by atoms with Crippen LogP contribution < -0.4 is 0 Å². The molecule has 1 aromatic rings. The number of carbonyl (C=O) groups excluding carboxylic acids is 3. The van der Waals surface area contributed by atoms with Crippen LogP contribution >= 0.6 is 0 Å². The molecule has 0 bridgehead atoms. The molecule has 2 rings (SSSR count). The predicted molar refractivity (Wildman–Crippen MR) is 79.0 cm³/mol. The van der Waals surface area contributed by atoms with Crippen molar-refractivity contribution < 1.29 is 14.4 Å². The van der Waals surface area contributed by atoms with Crippen LogP contribution in [0.25, 0.3) is 0 Å². The van der Waals surface area contributed by atoms with Crippen molar-refractivity contribution in [3.63, 3.8) is 0 Å². The van der Waals surface area contributed by atoms with Crippen molar-refractivity contribution in [2.24, 2.45) is 5.92 Å². The van der Waals surface area contributed by atoms with E-state index in [9.17, 15) is 14.4 Å². The minimum Gasteiger partial charge on any atom is -0.349 e. The lowest BCUT2D eigenvalue weighted by atomic mass is 9.97. The molecule has 1 aromatic heterocycles. The van der Waals surface area contributed by atoms with Gasteiger partial charge in [-0.3, -0.25) is 19.3 Å². The van der Waals surface area contributed by atoms with E-state index in [-0.39, 0.29) is 30.1 Å². The van der Waals surface area contributed by atoms with Gasteiger partial charge in [-0.25, -0.2) is 0 Å². The van der Waals surface area contributed by atoms with E-state index in [1.54, 1.807) is 0 Å². The summed E-state index contributed by atoms with van der Waals surface area (Å²) in [5.74, 6) is -0.576. The zero-order valence-electron chi connectivity index (χ0n) is 13.1. The smallest absolute Gasteiger partial charge is 0.229 e. The molecule has 1 fully saturated rings. The predicted octanol–water partition coefficient (Wildman–Crippen LogP) is 2.09. The first kappa shape index (κ1) is 15.5. The highest BCUT2D eigenvalue weighted by atomic mass is 16.2. The van der Waals surface area contributed by atoms with Crippen LogP contribution in [0.3, 0.4) is 0 Å². The highest BCUT2D eigenvalue weighted by Crippen LogP contribution is 2.21. The summed E-state index contributed by atoms with van der Waals surface area (Å²) in [6, 6.07) is 1.84. The van der Waals surface area contributed by atoms with Gasteiger partial charge in [0.1, 0.15) is 0 Å². The van der Waals surface area contributed by atoms with Crippen LogP contribution in [0.15, 0.2) is 6.07 Å². The lowest BCUT2D eigenvalue weighted by Gasteiger charge is -2.27. The fourth-order valence-electron chi connectivity index (χ4n) is 3.00. The molecular weight excluding hydrogens is 268 g/mol. The highest BCUT2D eigenvalue weighted by Gasteiger charge is 2.32. The molecule has 2 amide bonds. The number of likely N-dealkylation sites (tertiary alicyclic amines) is 1. The molecule has 0 N–H and O–H groups in total. The molecule has 0 atom stereocenters. The van der Waals surface area contributed by atoms with Crippen molar-refractivity contribution in [2.45, 2.75) is 47.1 Å². The standard InChI is InChI=1S/C16H22N2O3/c1-5-17-11(3)8-13(12(17)4)14(19)9-18-15(20)6-10(2)7-16(18)21/h8,10H,5-7,9H2,1-4H3. The molecule has 1 saturated heterocycles. The summed E-state index contributed by atoms with van der Waals surface area (Å²) in [5.41, 5.74) is 2.52. The Morgan fingerprint density at radius 1 is 1.24 bits per heavy atom. The summed E-state index contributed by atoms with van der Waals surface area (Å²) in [6.07, 6.45) is 0.681. The first-order chi connectivity index (χ1) is 9.85. The van der Waals surface area contributed by atoms with Crippen molar-refractivity contribution in [3.8, 4) is 0 Å². The van der Waals surface area contributed by atoms with E-state index in [0.717, 1.165) is 22.8 Å². The number of aromatic nitrogens is 1. The van der Waals surface area contributed by atoms with Gasteiger partial charge in [-0.05, 0) is 32.8 Å². The number of Topliss-reactive ketones (excluding diaryl/α,β-unsaturated/α-hetero) is 1. The van der Waals surface area contributed by atoms with Crippen molar-refractivity contribution in [3.05, 3.63) is 23.0 Å². The molecule has 0 spiro atoms. The summed E-state index contributed by atoms with van der Waals surface area (Å²) in [7, 11) is 0. The van der Waals surface area contributed by atoms with E-state index in [4.69, 9.17) is 0 Å². The van der Waals surface area contributed by atoms with E-state index in [1.807, 2.05) is 33.8 Å². The molecule has 0 saturated carbocycles. The molecule has 5 heteroatoms. The lowest BCUT2D eigenvalue weighted by Crippen LogP contribution is -2.45. The van der Waals surface area contributed by atoms with E-state index < -0.39 is 0 Å². The van der Waals surface area contributed by atoms with Crippen molar-refractivity contribution in [2.75, 3.05) is 6.54 Å². The summed E-state index contributed by atoms with van der Waals surface area (Å²) in [4.78, 5) is 37.4. The van der Waals surface area contributed by atoms with Crippen LogP contribution in [0.1, 0.15) is 48.4 Å². The number of piperidine rings is 1. The molecule has 0 unspecified atom stereocenters. The van der Waals surface area contributed by atoms with E-state index in [0.29, 0.717) is 18.4 Å². The van der Waals surface area contributed by atoms with Crippen molar-refractivity contribution >= 4 is 17.6 Å². The molecule has 114 valence electrons. The summed E-state index contributed by atoms with van der Waals surface area (Å²) in [6.45, 7) is 8.40. The van der Waals surface area contributed by atoms with E-state index in [1.165, 1.54) is 0 Å². The van der Waals surface area contributed by atoms with Gasteiger partial charge in [-0.15, -0.1) is 0 Å². The molecule has 1 aliphatic heterocycles. The molecule has 0 aromatic carbocycles. The van der Waals surface area contributed by atoms with E-state index in [2.05, 4.69) is 4.57 Å². The number of ketones is 1. The van der Waals surface area contributed by atoms with Gasteiger partial charge in [-0.1, -0.05) is 6.92 Å². The van der Waals surface area contributed by atoms with Crippen molar-refractivity contribution in [1.29, 1.82) is 0 Å². The average Bonchev–Trinajstić information content (AvgIpc) is 2.68. The Morgan fingerprint density at radius 2 is 1.81 bits per heavy atom. The first-order valence-electron chi connectivity index (χ1n) is 7.38. The second-order valence-electron chi connectivity index (χ2n) is 5.84. The number of hydrogen-bond acceptors (Lipinski definition) is 3. The Hall–Kier alpha value is -1.91. The molecular formula is C16H22N2O3. The van der Waals surface area contributed by atoms with Crippen LogP contribution in [0.4, 0.5) is 0 Å². The number of hydrogen-bond donors (Lipinski definition) is 0. The average molecular weight is 290 g/mol. The first-order valence-corrected chi connectivity index (χ1v) is 7.38. The summed E-state index contributed by atoms with van der Waals surface area (Å²) in [5, 5.41) is 0. The Balaban J connectivity index is 2.18. The van der Waals surface area contributed by atoms with Gasteiger partial charge in [0.05, 0.1) is 6.54 Å². The van der Waals surface area contributed by atoms with E-state index >= 15 is 0 Å². The second kappa shape index (κ2) is 5.84. The third-order valence-electron chi connectivity index (χ3n) is 4.14. The maximum absolute atomic E-state index is 12.4. The maximum atomic E-state index is 12.4. The minimum atomic E-state index is -0.239. The minimum absolute atomic E-state index is 0.0708. The van der Waals surface area contributed by atoms with Crippen LogP contribution in [0.5, 0.6) is 0 Å². The fourth-order valence-corrected chi connectivity index (χ4v) is 3.00. The summed E-state index contributed by atoms with van der Waals surface area (Å²) < 4.78 is 2.05. The molecule has 21 heavy (non-hydrogen) atoms. The number of aryl methyl sites for hydroxylation is 1. The Kier molecular flexibility index (Phi) is 4.30. The fraction of sp³-hybridized carbons (Fsp3) is 0.562. The molecule has 0 radical (unpaired) electrons. The SMILES string of the molecule is CCn1c(C)cc(C(=O)CN2C(=O)CC(C)CC2=O)c1C. The normalized spacial score (nSPS) is 16.7. The topological polar surface area (TPSA) is 59.4 Å². The van der Waals surface area contributed by atoms with Gasteiger partial charge in [0.25, 0.3) is 0 Å². The van der Waals surface area contributed by atoms with Crippen molar-refractivity contribution in [1.82, 2.24) is 9.47 Å². The third kappa shape index (κ3) is 2.91. The summed E-state index contributed by atoms with van der Waals surface area (Å²) >= 11 is 0. The molecule has 1 aliphatic rings. The number of nitrogens with zero attached hydrogens (tertiary/aromatic N) is 2. The van der Waals surface area contributed by atoms with Crippen LogP contribution in [-0.4, -0.2) is 33.6 Å². The number of rotatable bonds is 4. The largest absolute Gasteiger partial charge is 0.349 e.